The van der Waals surface area contributed by atoms with Gasteiger partial charge in [-0.1, -0.05) is 6.07 Å². The molecular weight excluding hydrogens is 216 g/mol. The van der Waals surface area contributed by atoms with Gasteiger partial charge in [0.25, 0.3) is 0 Å². The van der Waals surface area contributed by atoms with Gasteiger partial charge in [-0.15, -0.1) is 10.2 Å². The minimum Gasteiger partial charge on any atom is -0.383 e. The zero-order valence-corrected chi connectivity index (χ0v) is 10.4. The lowest BCUT2D eigenvalue weighted by Crippen LogP contribution is -2.33. The van der Waals surface area contributed by atoms with E-state index >= 15 is 0 Å². The molecule has 0 fully saturated rings. The van der Waals surface area contributed by atoms with Gasteiger partial charge in [-0.3, -0.25) is 4.40 Å². The molecule has 17 heavy (non-hydrogen) atoms. The Balaban J connectivity index is 2.16. The number of pyridine rings is 1. The molecule has 2 aromatic heterocycles. The van der Waals surface area contributed by atoms with Crippen LogP contribution in [0.3, 0.4) is 0 Å². The molecule has 92 valence electrons. The monoisotopic (exact) mass is 234 g/mol. The van der Waals surface area contributed by atoms with Crippen molar-refractivity contribution in [3.05, 3.63) is 30.2 Å². The summed E-state index contributed by atoms with van der Waals surface area (Å²) in [5, 5.41) is 11.8. The summed E-state index contributed by atoms with van der Waals surface area (Å²) in [5.74, 6) is 0.920. The summed E-state index contributed by atoms with van der Waals surface area (Å²) in [7, 11) is 1.70. The van der Waals surface area contributed by atoms with Crippen LogP contribution in [0.15, 0.2) is 24.4 Å². The van der Waals surface area contributed by atoms with Crippen LogP contribution in [-0.4, -0.2) is 34.4 Å². The minimum absolute atomic E-state index is 0.137. The molecule has 2 rings (SSSR count). The van der Waals surface area contributed by atoms with E-state index in [-0.39, 0.29) is 12.1 Å². The molecule has 0 aliphatic heterocycles. The third kappa shape index (κ3) is 2.62. The number of fused-ring (bicyclic) bond motifs is 1. The van der Waals surface area contributed by atoms with Crippen molar-refractivity contribution < 1.29 is 4.74 Å². The number of hydrogen-bond donors (Lipinski definition) is 1. The van der Waals surface area contributed by atoms with E-state index in [0.717, 1.165) is 11.5 Å². The average Bonchev–Trinajstić information content (AvgIpc) is 2.72. The van der Waals surface area contributed by atoms with E-state index < -0.39 is 0 Å². The van der Waals surface area contributed by atoms with Crippen molar-refractivity contribution in [1.82, 2.24) is 19.9 Å². The van der Waals surface area contributed by atoms with Crippen LogP contribution in [-0.2, 0) is 4.74 Å². The van der Waals surface area contributed by atoms with E-state index in [4.69, 9.17) is 4.74 Å². The highest BCUT2D eigenvalue weighted by molar-refractivity contribution is 5.37. The lowest BCUT2D eigenvalue weighted by Gasteiger charge is -2.18. The summed E-state index contributed by atoms with van der Waals surface area (Å²) in [6.07, 6.45) is 1.98. The minimum atomic E-state index is 0.137. The molecular formula is C12H18N4O. The molecule has 5 nitrogen and oxygen atoms in total. The van der Waals surface area contributed by atoms with Gasteiger partial charge in [-0.25, -0.2) is 0 Å². The van der Waals surface area contributed by atoms with Gasteiger partial charge in [0.05, 0.1) is 12.6 Å². The molecule has 0 bridgehead atoms. The second kappa shape index (κ2) is 5.25. The number of ether oxygens (including phenoxy) is 1. The van der Waals surface area contributed by atoms with Gasteiger partial charge in [-0.2, -0.15) is 0 Å². The normalized spacial score (nSPS) is 15.0. The fourth-order valence-corrected chi connectivity index (χ4v) is 1.95. The summed E-state index contributed by atoms with van der Waals surface area (Å²) in [6.45, 7) is 4.85. The van der Waals surface area contributed by atoms with E-state index in [1.54, 1.807) is 7.11 Å². The van der Waals surface area contributed by atoms with E-state index in [0.29, 0.717) is 6.61 Å². The maximum atomic E-state index is 5.10. The molecule has 0 saturated carbocycles. The van der Waals surface area contributed by atoms with Crippen LogP contribution in [0.5, 0.6) is 0 Å². The molecule has 0 radical (unpaired) electrons. The SMILES string of the molecule is COCC(C)NC(C)c1nnc2ccccn12. The largest absolute Gasteiger partial charge is 0.383 e. The van der Waals surface area contributed by atoms with Crippen molar-refractivity contribution >= 4 is 5.65 Å². The lowest BCUT2D eigenvalue weighted by molar-refractivity contribution is 0.167. The Hall–Kier alpha value is -1.46. The van der Waals surface area contributed by atoms with Gasteiger partial charge in [-0.05, 0) is 26.0 Å². The van der Waals surface area contributed by atoms with Crippen molar-refractivity contribution in [3.8, 4) is 0 Å². The molecule has 0 aromatic carbocycles. The molecule has 0 spiro atoms. The van der Waals surface area contributed by atoms with E-state index in [9.17, 15) is 0 Å². The maximum Gasteiger partial charge on any atom is 0.160 e. The third-order valence-corrected chi connectivity index (χ3v) is 2.68. The molecule has 2 unspecified atom stereocenters. The van der Waals surface area contributed by atoms with E-state index in [2.05, 4.69) is 29.4 Å². The third-order valence-electron chi connectivity index (χ3n) is 2.68. The van der Waals surface area contributed by atoms with E-state index in [1.807, 2.05) is 28.8 Å². The van der Waals surface area contributed by atoms with Crippen molar-refractivity contribution in [2.24, 2.45) is 0 Å². The molecule has 2 atom stereocenters. The van der Waals surface area contributed by atoms with Crippen LogP contribution in [0.1, 0.15) is 25.7 Å². The molecule has 2 aromatic rings. The number of nitrogens with zero attached hydrogens (tertiary/aromatic N) is 3. The summed E-state index contributed by atoms with van der Waals surface area (Å²) < 4.78 is 7.10. The van der Waals surface area contributed by atoms with Gasteiger partial charge in [0, 0.05) is 19.3 Å². The fraction of sp³-hybridized carbons (Fsp3) is 0.500. The molecule has 5 heteroatoms. The predicted molar refractivity (Wildman–Crippen MR) is 65.9 cm³/mol. The van der Waals surface area contributed by atoms with Crippen LogP contribution in [0.25, 0.3) is 5.65 Å². The molecule has 0 aliphatic carbocycles. The Labute approximate surface area is 101 Å². The zero-order valence-electron chi connectivity index (χ0n) is 10.4. The Morgan fingerprint density at radius 1 is 1.35 bits per heavy atom. The van der Waals surface area contributed by atoms with E-state index in [1.165, 1.54) is 0 Å². The number of aromatic nitrogens is 3. The topological polar surface area (TPSA) is 51.5 Å². The fourth-order valence-electron chi connectivity index (χ4n) is 1.95. The van der Waals surface area contributed by atoms with Crippen molar-refractivity contribution in [1.29, 1.82) is 0 Å². The first kappa shape index (κ1) is 12.0. The highest BCUT2D eigenvalue weighted by atomic mass is 16.5. The molecule has 1 N–H and O–H groups in total. The second-order valence-electron chi connectivity index (χ2n) is 4.23. The van der Waals surface area contributed by atoms with Crippen molar-refractivity contribution in [2.45, 2.75) is 25.9 Å². The van der Waals surface area contributed by atoms with Crippen molar-refractivity contribution in [3.63, 3.8) is 0 Å². The number of methoxy groups -OCH3 is 1. The highest BCUT2D eigenvalue weighted by Gasteiger charge is 2.14. The quantitative estimate of drug-likeness (QED) is 0.850. The van der Waals surface area contributed by atoms with Crippen LogP contribution in [0.2, 0.25) is 0 Å². The van der Waals surface area contributed by atoms with Crippen LogP contribution < -0.4 is 5.32 Å². The zero-order chi connectivity index (χ0) is 12.3. The molecule has 0 amide bonds. The molecule has 0 aliphatic rings. The van der Waals surface area contributed by atoms with Crippen LogP contribution in [0.4, 0.5) is 0 Å². The van der Waals surface area contributed by atoms with Crippen LogP contribution in [0, 0.1) is 0 Å². The Morgan fingerprint density at radius 3 is 2.94 bits per heavy atom. The van der Waals surface area contributed by atoms with Gasteiger partial charge < -0.3 is 10.1 Å². The first-order chi connectivity index (χ1) is 8.22. The van der Waals surface area contributed by atoms with Crippen molar-refractivity contribution in [2.75, 3.05) is 13.7 Å². The van der Waals surface area contributed by atoms with Gasteiger partial charge >= 0.3 is 0 Å². The summed E-state index contributed by atoms with van der Waals surface area (Å²) in [4.78, 5) is 0. The Bertz CT molecular complexity index is 482. The summed E-state index contributed by atoms with van der Waals surface area (Å²) in [6, 6.07) is 6.30. The summed E-state index contributed by atoms with van der Waals surface area (Å²) >= 11 is 0. The van der Waals surface area contributed by atoms with Gasteiger partial charge in [0.2, 0.25) is 0 Å². The first-order valence-corrected chi connectivity index (χ1v) is 5.77. The number of rotatable bonds is 5. The predicted octanol–water partition coefficient (Wildman–Crippen LogP) is 1.41. The average molecular weight is 234 g/mol. The summed E-state index contributed by atoms with van der Waals surface area (Å²) in [5.41, 5.74) is 0.871. The van der Waals surface area contributed by atoms with Crippen LogP contribution >= 0.6 is 0 Å². The molecule has 2 heterocycles. The number of nitrogens with one attached hydrogen (secondary N) is 1. The van der Waals surface area contributed by atoms with Gasteiger partial charge in [0.15, 0.2) is 11.5 Å². The molecule has 0 saturated heterocycles. The highest BCUT2D eigenvalue weighted by Crippen LogP contribution is 2.12. The second-order valence-corrected chi connectivity index (χ2v) is 4.23. The maximum absolute atomic E-state index is 5.10. The Morgan fingerprint density at radius 2 is 2.18 bits per heavy atom. The Kier molecular flexibility index (Phi) is 3.71. The lowest BCUT2D eigenvalue weighted by atomic mass is 10.2. The standard InChI is InChI=1S/C12H18N4O/c1-9(8-17-3)13-10(2)12-15-14-11-6-4-5-7-16(11)12/h4-7,9-10,13H,8H2,1-3H3. The smallest absolute Gasteiger partial charge is 0.160 e. The van der Waals surface area contributed by atoms with Gasteiger partial charge in [0.1, 0.15) is 0 Å². The number of hydrogen-bond acceptors (Lipinski definition) is 4. The first-order valence-electron chi connectivity index (χ1n) is 5.77.